The number of benzene rings is 1. The van der Waals surface area contributed by atoms with Gasteiger partial charge in [0.2, 0.25) is 0 Å². The zero-order chi connectivity index (χ0) is 16.4. The van der Waals surface area contributed by atoms with Crippen molar-refractivity contribution in [1.82, 2.24) is 4.90 Å². The van der Waals surface area contributed by atoms with Crippen molar-refractivity contribution in [3.05, 3.63) is 35.9 Å². The van der Waals surface area contributed by atoms with E-state index < -0.39 is 17.2 Å². The van der Waals surface area contributed by atoms with E-state index in [1.54, 1.807) is 0 Å². The molecule has 0 N–H and O–H groups in total. The zero-order valence-electron chi connectivity index (χ0n) is 13.6. The van der Waals surface area contributed by atoms with Gasteiger partial charge in [-0.3, -0.25) is 4.90 Å². The smallest absolute Gasteiger partial charge is 0.411 e. The Bertz CT molecular complexity index is 544. The van der Waals surface area contributed by atoms with E-state index in [0.717, 1.165) is 5.56 Å². The highest BCUT2D eigenvalue weighted by Crippen LogP contribution is 2.44. The van der Waals surface area contributed by atoms with Crippen molar-refractivity contribution in [1.29, 1.82) is 0 Å². The third-order valence-electron chi connectivity index (χ3n) is 3.60. The van der Waals surface area contributed by atoms with Gasteiger partial charge in [0.1, 0.15) is 11.1 Å². The minimum atomic E-state index is -0.882. The number of hydrogen-bond donors (Lipinski definition) is 0. The maximum atomic E-state index is 12.6. The van der Waals surface area contributed by atoms with E-state index in [-0.39, 0.29) is 5.97 Å². The summed E-state index contributed by atoms with van der Waals surface area (Å²) in [5.74, 6) is -0.380. The molecule has 0 radical (unpaired) electrons. The highest BCUT2D eigenvalue weighted by atomic mass is 16.6. The van der Waals surface area contributed by atoms with Gasteiger partial charge in [0.15, 0.2) is 0 Å². The van der Waals surface area contributed by atoms with Crippen molar-refractivity contribution in [2.24, 2.45) is 0 Å². The Labute approximate surface area is 131 Å². The molecule has 0 spiro atoms. The van der Waals surface area contributed by atoms with E-state index in [0.29, 0.717) is 19.4 Å². The predicted octanol–water partition coefficient (Wildman–Crippen LogP) is 3.13. The van der Waals surface area contributed by atoms with Gasteiger partial charge in [0.05, 0.1) is 13.7 Å². The maximum absolute atomic E-state index is 12.6. The number of hydrogen-bond acceptors (Lipinski definition) is 4. The summed E-state index contributed by atoms with van der Waals surface area (Å²) in [6, 6.07) is 9.56. The van der Waals surface area contributed by atoms with Crippen molar-refractivity contribution < 1.29 is 19.1 Å². The summed E-state index contributed by atoms with van der Waals surface area (Å²) < 4.78 is 10.4. The second-order valence-corrected chi connectivity index (χ2v) is 6.58. The first-order chi connectivity index (χ1) is 10.3. The molecule has 22 heavy (non-hydrogen) atoms. The highest BCUT2D eigenvalue weighted by molar-refractivity contribution is 5.88. The van der Waals surface area contributed by atoms with Crippen LogP contribution in [0.1, 0.15) is 39.2 Å². The Balaban J connectivity index is 2.25. The quantitative estimate of drug-likeness (QED) is 0.802. The first-order valence-corrected chi connectivity index (χ1v) is 7.41. The van der Waals surface area contributed by atoms with Crippen LogP contribution in [-0.4, -0.2) is 35.2 Å². The molecule has 1 saturated carbocycles. The van der Waals surface area contributed by atoms with Gasteiger partial charge < -0.3 is 9.47 Å². The number of methoxy groups -OCH3 is 1. The standard InChI is InChI=1S/C17H23NO4/c1-16(2,3)22-15(20)18(12-13-8-6-5-7-9-13)17(10-11-17)14(19)21-4/h5-9H,10-12H2,1-4H3. The van der Waals surface area contributed by atoms with Crippen LogP contribution in [0, 0.1) is 0 Å². The van der Waals surface area contributed by atoms with Crippen LogP contribution in [0.3, 0.4) is 0 Å². The fourth-order valence-corrected chi connectivity index (χ4v) is 2.37. The molecular formula is C17H23NO4. The lowest BCUT2D eigenvalue weighted by atomic mass is 10.1. The van der Waals surface area contributed by atoms with Crippen molar-refractivity contribution >= 4 is 12.1 Å². The third kappa shape index (κ3) is 3.59. The molecule has 0 unspecified atom stereocenters. The molecule has 1 aromatic rings. The van der Waals surface area contributed by atoms with Crippen LogP contribution in [0.4, 0.5) is 4.79 Å². The molecule has 0 aromatic heterocycles. The first kappa shape index (κ1) is 16.3. The molecule has 0 aliphatic heterocycles. The van der Waals surface area contributed by atoms with Crippen LogP contribution in [0.5, 0.6) is 0 Å². The molecule has 0 saturated heterocycles. The molecular weight excluding hydrogens is 282 g/mol. The van der Waals surface area contributed by atoms with Crippen molar-refractivity contribution in [3.63, 3.8) is 0 Å². The van der Waals surface area contributed by atoms with Crippen molar-refractivity contribution in [2.45, 2.75) is 51.3 Å². The average molecular weight is 305 g/mol. The Morgan fingerprint density at radius 2 is 1.77 bits per heavy atom. The summed E-state index contributed by atoms with van der Waals surface area (Å²) in [6.07, 6.45) is 0.719. The van der Waals surface area contributed by atoms with E-state index in [1.807, 2.05) is 51.1 Å². The summed E-state index contributed by atoms with van der Waals surface area (Å²) in [6.45, 7) is 5.75. The molecule has 120 valence electrons. The molecule has 0 bridgehead atoms. The third-order valence-corrected chi connectivity index (χ3v) is 3.60. The molecule has 1 amide bonds. The topological polar surface area (TPSA) is 55.8 Å². The highest BCUT2D eigenvalue weighted by Gasteiger charge is 2.58. The van der Waals surface area contributed by atoms with Crippen LogP contribution in [0.25, 0.3) is 0 Å². The molecule has 1 fully saturated rings. The van der Waals surface area contributed by atoms with Gasteiger partial charge in [0.25, 0.3) is 0 Å². The Morgan fingerprint density at radius 3 is 2.23 bits per heavy atom. The fraction of sp³-hybridized carbons (Fsp3) is 0.529. The number of rotatable bonds is 4. The summed E-state index contributed by atoms with van der Waals surface area (Å²) in [5, 5.41) is 0. The summed E-state index contributed by atoms with van der Waals surface area (Å²) in [7, 11) is 1.35. The van der Waals surface area contributed by atoms with E-state index >= 15 is 0 Å². The molecule has 5 heteroatoms. The van der Waals surface area contributed by atoms with Gasteiger partial charge in [-0.05, 0) is 39.2 Å². The largest absolute Gasteiger partial charge is 0.467 e. The lowest BCUT2D eigenvalue weighted by molar-refractivity contribution is -0.149. The summed E-state index contributed by atoms with van der Waals surface area (Å²) >= 11 is 0. The van der Waals surface area contributed by atoms with Gasteiger partial charge in [-0.2, -0.15) is 0 Å². The first-order valence-electron chi connectivity index (χ1n) is 7.41. The van der Waals surface area contributed by atoms with E-state index in [9.17, 15) is 9.59 Å². The molecule has 0 heterocycles. The number of nitrogens with zero attached hydrogens (tertiary/aromatic N) is 1. The van der Waals surface area contributed by atoms with Gasteiger partial charge >= 0.3 is 12.1 Å². The minimum Gasteiger partial charge on any atom is -0.467 e. The second kappa shape index (κ2) is 5.99. The number of esters is 1. The minimum absolute atomic E-state index is 0.324. The van der Waals surface area contributed by atoms with E-state index in [4.69, 9.17) is 9.47 Å². The molecule has 0 atom stereocenters. The summed E-state index contributed by atoms with van der Waals surface area (Å²) in [4.78, 5) is 26.2. The normalized spacial score (nSPS) is 15.8. The average Bonchev–Trinajstić information content (AvgIpc) is 3.24. The van der Waals surface area contributed by atoms with Crippen LogP contribution in [-0.2, 0) is 20.8 Å². The van der Waals surface area contributed by atoms with Crippen LogP contribution in [0.15, 0.2) is 30.3 Å². The molecule has 2 rings (SSSR count). The molecule has 1 aromatic carbocycles. The lowest BCUT2D eigenvalue weighted by Crippen LogP contribution is -2.49. The lowest BCUT2D eigenvalue weighted by Gasteiger charge is -2.32. The monoisotopic (exact) mass is 305 g/mol. The number of carbonyl (C=O) groups excluding carboxylic acids is 2. The Kier molecular flexibility index (Phi) is 4.44. The zero-order valence-corrected chi connectivity index (χ0v) is 13.6. The van der Waals surface area contributed by atoms with E-state index in [2.05, 4.69) is 0 Å². The summed E-state index contributed by atoms with van der Waals surface area (Å²) in [5.41, 5.74) is -0.547. The molecule has 5 nitrogen and oxygen atoms in total. The maximum Gasteiger partial charge on any atom is 0.411 e. The van der Waals surface area contributed by atoms with Crippen LogP contribution >= 0.6 is 0 Å². The molecule has 1 aliphatic carbocycles. The SMILES string of the molecule is COC(=O)C1(N(Cc2ccccc2)C(=O)OC(C)(C)C)CC1. The predicted molar refractivity (Wildman–Crippen MR) is 82.2 cm³/mol. The van der Waals surface area contributed by atoms with Gasteiger partial charge in [-0.15, -0.1) is 0 Å². The van der Waals surface area contributed by atoms with Crippen molar-refractivity contribution in [3.8, 4) is 0 Å². The van der Waals surface area contributed by atoms with Gasteiger partial charge in [-0.25, -0.2) is 9.59 Å². The van der Waals surface area contributed by atoms with Crippen molar-refractivity contribution in [2.75, 3.05) is 7.11 Å². The molecule has 1 aliphatic rings. The van der Waals surface area contributed by atoms with Crippen LogP contribution < -0.4 is 0 Å². The number of amides is 1. The second-order valence-electron chi connectivity index (χ2n) is 6.58. The Morgan fingerprint density at radius 1 is 1.18 bits per heavy atom. The number of carbonyl (C=O) groups is 2. The fourth-order valence-electron chi connectivity index (χ4n) is 2.37. The van der Waals surface area contributed by atoms with Crippen LogP contribution in [0.2, 0.25) is 0 Å². The Hall–Kier alpha value is -2.04. The van der Waals surface area contributed by atoms with Gasteiger partial charge in [0, 0.05) is 0 Å². The number of ether oxygens (including phenoxy) is 2. The van der Waals surface area contributed by atoms with E-state index in [1.165, 1.54) is 12.0 Å². The van der Waals surface area contributed by atoms with Gasteiger partial charge in [-0.1, -0.05) is 30.3 Å².